The zero-order valence-electron chi connectivity index (χ0n) is 12.9. The molecule has 0 aromatic heterocycles. The van der Waals surface area contributed by atoms with Crippen molar-refractivity contribution in [2.45, 2.75) is 27.2 Å². The number of carbonyl (C=O) groups is 1. The molecule has 2 aromatic carbocycles. The Hall–Kier alpha value is -2.09. The number of hydrogen-bond donors (Lipinski definition) is 0. The summed E-state index contributed by atoms with van der Waals surface area (Å²) in [6.45, 7) is 7.33. The van der Waals surface area contributed by atoms with Gasteiger partial charge in [-0.25, -0.2) is 0 Å². The summed E-state index contributed by atoms with van der Waals surface area (Å²) >= 11 is 0. The van der Waals surface area contributed by atoms with Gasteiger partial charge in [0.25, 0.3) is 0 Å². The minimum Gasteiger partial charge on any atom is -0.494 e. The molecule has 0 heterocycles. The Balaban J connectivity index is 2.07. The van der Waals surface area contributed by atoms with E-state index in [0.29, 0.717) is 12.2 Å². The summed E-state index contributed by atoms with van der Waals surface area (Å²) in [4.78, 5) is 11.1. The van der Waals surface area contributed by atoms with Gasteiger partial charge in [-0.15, -0.1) is 0 Å². The van der Waals surface area contributed by atoms with Crippen molar-refractivity contribution in [3.63, 3.8) is 0 Å². The minimum absolute atomic E-state index is 0.281. The zero-order chi connectivity index (χ0) is 15.3. The lowest BCUT2D eigenvalue weighted by Crippen LogP contribution is -2.11. The molecule has 0 atom stereocenters. The van der Waals surface area contributed by atoms with E-state index in [1.807, 2.05) is 48.5 Å². The van der Waals surface area contributed by atoms with Crippen LogP contribution in [0.15, 0.2) is 48.5 Å². The van der Waals surface area contributed by atoms with E-state index in [2.05, 4.69) is 20.8 Å². The number of ether oxygens (including phenoxy) is 1. The second-order valence-electron chi connectivity index (χ2n) is 6.39. The maximum absolute atomic E-state index is 11.1. The Morgan fingerprint density at radius 2 is 1.67 bits per heavy atom. The number of carbonyl (C=O) groups excluding carboxylic acids is 1. The summed E-state index contributed by atoms with van der Waals surface area (Å²) in [5, 5.41) is 0. The van der Waals surface area contributed by atoms with Gasteiger partial charge >= 0.3 is 0 Å². The molecular formula is C19H22O2. The zero-order valence-corrected chi connectivity index (χ0v) is 12.9. The maximum Gasteiger partial charge on any atom is 0.150 e. The maximum atomic E-state index is 11.1. The third-order valence-corrected chi connectivity index (χ3v) is 3.37. The fourth-order valence-electron chi connectivity index (χ4n) is 2.07. The van der Waals surface area contributed by atoms with Crippen molar-refractivity contribution in [2.24, 2.45) is 5.41 Å². The smallest absolute Gasteiger partial charge is 0.150 e. The van der Waals surface area contributed by atoms with Gasteiger partial charge in [0.1, 0.15) is 5.75 Å². The van der Waals surface area contributed by atoms with Crippen LogP contribution in [-0.2, 0) is 0 Å². The molecule has 2 rings (SSSR count). The lowest BCUT2D eigenvalue weighted by Gasteiger charge is -2.18. The monoisotopic (exact) mass is 282 g/mol. The van der Waals surface area contributed by atoms with Crippen LogP contribution in [-0.4, -0.2) is 12.9 Å². The molecule has 2 heteroatoms. The lowest BCUT2D eigenvalue weighted by atomic mass is 9.93. The summed E-state index contributed by atoms with van der Waals surface area (Å²) in [5.41, 5.74) is 2.97. The highest BCUT2D eigenvalue weighted by atomic mass is 16.5. The first-order chi connectivity index (χ1) is 9.99. The predicted octanol–water partition coefficient (Wildman–Crippen LogP) is 4.98. The van der Waals surface area contributed by atoms with Crippen molar-refractivity contribution < 1.29 is 9.53 Å². The molecule has 0 saturated heterocycles. The van der Waals surface area contributed by atoms with Crippen molar-refractivity contribution in [3.8, 4) is 16.9 Å². The summed E-state index contributed by atoms with van der Waals surface area (Å²) in [5.74, 6) is 0.867. The molecule has 0 unspecified atom stereocenters. The van der Waals surface area contributed by atoms with Gasteiger partial charge in [-0.3, -0.25) is 4.79 Å². The summed E-state index contributed by atoms with van der Waals surface area (Å²) < 4.78 is 5.76. The molecule has 0 spiro atoms. The van der Waals surface area contributed by atoms with Crippen LogP contribution in [0.4, 0.5) is 0 Å². The van der Waals surface area contributed by atoms with Crippen molar-refractivity contribution in [2.75, 3.05) is 6.61 Å². The average molecular weight is 282 g/mol. The largest absolute Gasteiger partial charge is 0.494 e. The first kappa shape index (κ1) is 15.3. The molecule has 21 heavy (non-hydrogen) atoms. The minimum atomic E-state index is 0.281. The van der Waals surface area contributed by atoms with E-state index in [1.165, 1.54) is 0 Å². The van der Waals surface area contributed by atoms with Crippen LogP contribution >= 0.6 is 0 Å². The fraction of sp³-hybridized carbons (Fsp3) is 0.316. The number of hydrogen-bond acceptors (Lipinski definition) is 2. The van der Waals surface area contributed by atoms with Crippen molar-refractivity contribution >= 4 is 6.29 Å². The Bertz CT molecular complexity index is 592. The van der Waals surface area contributed by atoms with Crippen LogP contribution in [0.1, 0.15) is 37.6 Å². The normalized spacial score (nSPS) is 11.2. The predicted molar refractivity (Wildman–Crippen MR) is 86.8 cm³/mol. The third kappa shape index (κ3) is 4.45. The van der Waals surface area contributed by atoms with Gasteiger partial charge in [0.05, 0.1) is 6.61 Å². The Morgan fingerprint density at radius 1 is 1.00 bits per heavy atom. The highest BCUT2D eigenvalue weighted by molar-refractivity contribution is 5.87. The van der Waals surface area contributed by atoms with Crippen molar-refractivity contribution in [1.29, 1.82) is 0 Å². The lowest BCUT2D eigenvalue weighted by molar-refractivity contribution is 0.112. The van der Waals surface area contributed by atoms with Gasteiger partial charge in [-0.2, -0.15) is 0 Å². The molecule has 0 N–H and O–H groups in total. The van der Waals surface area contributed by atoms with E-state index < -0.39 is 0 Å². The van der Waals surface area contributed by atoms with Gasteiger partial charge < -0.3 is 4.74 Å². The second kappa shape index (κ2) is 6.57. The second-order valence-corrected chi connectivity index (χ2v) is 6.39. The van der Waals surface area contributed by atoms with E-state index in [-0.39, 0.29) is 5.41 Å². The molecule has 0 radical (unpaired) electrons. The molecule has 0 aliphatic heterocycles. The molecular weight excluding hydrogens is 260 g/mol. The van der Waals surface area contributed by atoms with E-state index in [0.717, 1.165) is 29.6 Å². The van der Waals surface area contributed by atoms with Crippen LogP contribution in [0.3, 0.4) is 0 Å². The molecule has 0 aliphatic rings. The SMILES string of the molecule is CC(C)(C)CCOc1ccc(-c2ccccc2C=O)cc1. The standard InChI is InChI=1S/C19H22O2/c1-19(2,3)12-13-21-17-10-8-15(9-11-17)18-7-5-4-6-16(18)14-20/h4-11,14H,12-13H2,1-3H3. The fourth-order valence-corrected chi connectivity index (χ4v) is 2.07. The van der Waals surface area contributed by atoms with Crippen LogP contribution in [0.2, 0.25) is 0 Å². The molecule has 2 nitrogen and oxygen atoms in total. The van der Waals surface area contributed by atoms with E-state index in [4.69, 9.17) is 4.74 Å². The van der Waals surface area contributed by atoms with Gasteiger partial charge in [0, 0.05) is 5.56 Å². The molecule has 110 valence electrons. The Morgan fingerprint density at radius 3 is 2.29 bits per heavy atom. The highest BCUT2D eigenvalue weighted by Crippen LogP contribution is 2.25. The first-order valence-electron chi connectivity index (χ1n) is 7.27. The topological polar surface area (TPSA) is 26.3 Å². The summed E-state index contributed by atoms with van der Waals surface area (Å²) in [6.07, 6.45) is 1.91. The molecule has 0 bridgehead atoms. The van der Waals surface area contributed by atoms with Crippen LogP contribution < -0.4 is 4.74 Å². The van der Waals surface area contributed by atoms with Gasteiger partial charge in [0.2, 0.25) is 0 Å². The summed E-state index contributed by atoms with van der Waals surface area (Å²) in [7, 11) is 0. The Labute approximate surface area is 126 Å². The highest BCUT2D eigenvalue weighted by Gasteiger charge is 2.10. The van der Waals surface area contributed by atoms with Crippen molar-refractivity contribution in [3.05, 3.63) is 54.1 Å². The molecule has 0 amide bonds. The number of aldehydes is 1. The van der Waals surface area contributed by atoms with Crippen molar-refractivity contribution in [1.82, 2.24) is 0 Å². The molecule has 2 aromatic rings. The van der Waals surface area contributed by atoms with Crippen LogP contribution in [0.5, 0.6) is 5.75 Å². The van der Waals surface area contributed by atoms with Crippen LogP contribution in [0, 0.1) is 5.41 Å². The van der Waals surface area contributed by atoms with E-state index in [1.54, 1.807) is 0 Å². The van der Waals surface area contributed by atoms with E-state index >= 15 is 0 Å². The molecule has 0 saturated carbocycles. The Kier molecular flexibility index (Phi) is 4.79. The van der Waals surface area contributed by atoms with Gasteiger partial charge in [0.15, 0.2) is 6.29 Å². The first-order valence-corrected chi connectivity index (χ1v) is 7.27. The third-order valence-electron chi connectivity index (χ3n) is 3.37. The van der Waals surface area contributed by atoms with E-state index in [9.17, 15) is 4.79 Å². The average Bonchev–Trinajstić information content (AvgIpc) is 2.47. The number of benzene rings is 2. The quantitative estimate of drug-likeness (QED) is 0.723. The molecule has 0 aliphatic carbocycles. The van der Waals surface area contributed by atoms with Gasteiger partial charge in [-0.05, 0) is 35.1 Å². The number of rotatable bonds is 5. The summed E-state index contributed by atoms with van der Waals surface area (Å²) in [6, 6.07) is 15.5. The van der Waals surface area contributed by atoms with Crippen LogP contribution in [0.25, 0.3) is 11.1 Å². The molecule has 0 fully saturated rings. The van der Waals surface area contributed by atoms with Gasteiger partial charge in [-0.1, -0.05) is 57.2 Å².